The van der Waals surface area contributed by atoms with E-state index in [2.05, 4.69) is 191 Å². The summed E-state index contributed by atoms with van der Waals surface area (Å²) in [7, 11) is 0. The van der Waals surface area contributed by atoms with Crippen LogP contribution >= 0.6 is 0 Å². The normalized spacial score (nSPS) is 13.4. The molecule has 0 saturated heterocycles. The lowest BCUT2D eigenvalue weighted by molar-refractivity contribution is 0.584. The third-order valence-corrected chi connectivity index (χ3v) is 10.9. The maximum absolute atomic E-state index is 6.74. The van der Waals surface area contributed by atoms with Crippen LogP contribution in [0, 0.1) is 0 Å². The average molecular weight is 660 g/mol. The zero-order valence-electron chi connectivity index (χ0n) is 29.9. The zero-order chi connectivity index (χ0) is 34.9. The van der Waals surface area contributed by atoms with E-state index in [4.69, 9.17) is 4.42 Å². The average Bonchev–Trinajstić information content (AvgIpc) is 3.65. The highest BCUT2D eigenvalue weighted by Gasteiger charge is 2.38. The van der Waals surface area contributed by atoms with Crippen molar-refractivity contribution in [3.05, 3.63) is 174 Å². The van der Waals surface area contributed by atoms with E-state index in [9.17, 15) is 0 Å². The highest BCUT2D eigenvalue weighted by atomic mass is 16.3. The van der Waals surface area contributed by atoms with Crippen molar-refractivity contribution >= 4 is 39.0 Å². The Hall–Kier alpha value is -5.86. The molecule has 0 unspecified atom stereocenters. The summed E-state index contributed by atoms with van der Waals surface area (Å²) in [6, 6.07) is 57.2. The first-order chi connectivity index (χ1) is 24.7. The van der Waals surface area contributed by atoms with Gasteiger partial charge >= 0.3 is 0 Å². The molecular formula is C49H41NO. The predicted octanol–water partition coefficient (Wildman–Crippen LogP) is 14.0. The van der Waals surface area contributed by atoms with Crippen LogP contribution < -0.4 is 4.90 Å². The van der Waals surface area contributed by atoms with Gasteiger partial charge in [-0.1, -0.05) is 168 Å². The number of rotatable bonds is 5. The van der Waals surface area contributed by atoms with Gasteiger partial charge in [0.15, 0.2) is 5.58 Å². The summed E-state index contributed by atoms with van der Waals surface area (Å²) in [5, 5.41) is 2.22. The van der Waals surface area contributed by atoms with Gasteiger partial charge in [-0.3, -0.25) is 0 Å². The van der Waals surface area contributed by atoms with Gasteiger partial charge in [-0.2, -0.15) is 0 Å². The van der Waals surface area contributed by atoms with E-state index in [1.165, 1.54) is 44.5 Å². The highest BCUT2D eigenvalue weighted by Crippen LogP contribution is 2.55. The lowest BCUT2D eigenvalue weighted by Gasteiger charge is -2.30. The molecule has 0 saturated carbocycles. The zero-order valence-corrected chi connectivity index (χ0v) is 29.9. The van der Waals surface area contributed by atoms with Crippen LogP contribution in [0.2, 0.25) is 0 Å². The minimum absolute atomic E-state index is 0.0691. The van der Waals surface area contributed by atoms with Crippen molar-refractivity contribution < 1.29 is 4.42 Å². The van der Waals surface area contributed by atoms with Gasteiger partial charge in [-0.15, -0.1) is 0 Å². The van der Waals surface area contributed by atoms with Crippen LogP contribution in [-0.4, -0.2) is 0 Å². The molecule has 0 N–H and O–H groups in total. The Morgan fingerprint density at radius 1 is 0.490 bits per heavy atom. The second-order valence-corrected chi connectivity index (χ2v) is 15.4. The summed E-state index contributed by atoms with van der Waals surface area (Å²) in [5.74, 6) is 0. The quantitative estimate of drug-likeness (QED) is 0.183. The first-order valence-corrected chi connectivity index (χ1v) is 17.9. The van der Waals surface area contributed by atoms with Crippen molar-refractivity contribution in [2.75, 3.05) is 4.90 Å². The number of fused-ring (bicyclic) bond motifs is 6. The maximum atomic E-state index is 6.74. The molecule has 0 spiro atoms. The van der Waals surface area contributed by atoms with Crippen LogP contribution in [0.25, 0.3) is 55.3 Å². The van der Waals surface area contributed by atoms with Gasteiger partial charge < -0.3 is 9.32 Å². The fourth-order valence-corrected chi connectivity index (χ4v) is 8.20. The molecule has 1 heterocycles. The maximum Gasteiger partial charge on any atom is 0.159 e. The van der Waals surface area contributed by atoms with Crippen molar-refractivity contribution in [2.24, 2.45) is 0 Å². The fraction of sp³-hybridized carbons (Fsp3) is 0.143. The summed E-state index contributed by atoms with van der Waals surface area (Å²) in [5.41, 5.74) is 16.4. The molecule has 0 fully saturated rings. The van der Waals surface area contributed by atoms with E-state index < -0.39 is 0 Å². The molecule has 0 amide bonds. The molecule has 0 aliphatic heterocycles. The number of hydrogen-bond donors (Lipinski definition) is 0. The fourth-order valence-electron chi connectivity index (χ4n) is 8.20. The predicted molar refractivity (Wildman–Crippen MR) is 216 cm³/mol. The molecule has 7 aromatic carbocycles. The minimum atomic E-state index is -0.129. The molecular weight excluding hydrogens is 619 g/mol. The molecule has 51 heavy (non-hydrogen) atoms. The Bertz CT molecular complexity index is 2600. The number of furan rings is 1. The largest absolute Gasteiger partial charge is 0.454 e. The van der Waals surface area contributed by atoms with Crippen LogP contribution in [-0.2, 0) is 10.8 Å². The smallest absolute Gasteiger partial charge is 0.159 e. The minimum Gasteiger partial charge on any atom is -0.454 e. The van der Waals surface area contributed by atoms with Crippen molar-refractivity contribution in [1.29, 1.82) is 0 Å². The number of para-hydroxylation sites is 4. The lowest BCUT2D eigenvalue weighted by atomic mass is 9.79. The molecule has 0 bridgehead atoms. The van der Waals surface area contributed by atoms with Crippen molar-refractivity contribution in [3.63, 3.8) is 0 Å². The van der Waals surface area contributed by atoms with Gasteiger partial charge in [-0.05, 0) is 68.6 Å². The third-order valence-electron chi connectivity index (χ3n) is 10.9. The second kappa shape index (κ2) is 11.6. The molecule has 0 atom stereocenters. The third kappa shape index (κ3) is 4.93. The van der Waals surface area contributed by atoms with Gasteiger partial charge in [0.25, 0.3) is 0 Å². The summed E-state index contributed by atoms with van der Waals surface area (Å²) in [4.78, 5) is 2.42. The Balaban J connectivity index is 1.34. The first-order valence-electron chi connectivity index (χ1n) is 17.9. The van der Waals surface area contributed by atoms with Crippen LogP contribution in [0.1, 0.15) is 51.3 Å². The highest BCUT2D eigenvalue weighted by molar-refractivity contribution is 6.11. The molecule has 0 radical (unpaired) electrons. The molecule has 2 nitrogen and oxygen atoms in total. The second-order valence-electron chi connectivity index (χ2n) is 15.4. The van der Waals surface area contributed by atoms with E-state index in [1.54, 1.807) is 0 Å². The summed E-state index contributed by atoms with van der Waals surface area (Å²) in [6.45, 7) is 11.7. The number of nitrogens with zero attached hydrogens (tertiary/aromatic N) is 1. The van der Waals surface area contributed by atoms with Crippen LogP contribution in [0.4, 0.5) is 17.1 Å². The van der Waals surface area contributed by atoms with Crippen LogP contribution in [0.15, 0.2) is 162 Å². The number of benzene rings is 7. The molecule has 8 aromatic rings. The Morgan fingerprint density at radius 2 is 1.10 bits per heavy atom. The van der Waals surface area contributed by atoms with Gasteiger partial charge in [0.05, 0.1) is 17.1 Å². The van der Waals surface area contributed by atoms with Gasteiger partial charge in [0.2, 0.25) is 0 Å². The molecule has 1 aliphatic carbocycles. The Morgan fingerprint density at radius 3 is 1.88 bits per heavy atom. The first kappa shape index (κ1) is 31.1. The SMILES string of the molecule is CC(C)(C)c1ccc2c(c1)C(C)(C)c1cccc(-c3ccccc3N(c3ccccc3-c3ccccc3)c3cccc4c3oc3ccccc34)c1-2. The molecule has 1 aliphatic rings. The summed E-state index contributed by atoms with van der Waals surface area (Å²) >= 11 is 0. The van der Waals surface area contributed by atoms with Gasteiger partial charge in [-0.25, -0.2) is 0 Å². The standard InChI is InChI=1S/C49H41NO/c1-48(2,3)33-29-30-39-41(31-33)49(4,5)40-24-15-22-37(46(39)40)35-20-10-13-26-43(35)50(42-25-12-9-19-34(42)32-17-7-6-8-18-32)44-27-16-23-38-36-21-11-14-28-45(36)51-47(38)44/h6-31H,1-5H3. The van der Waals surface area contributed by atoms with E-state index in [-0.39, 0.29) is 10.8 Å². The van der Waals surface area contributed by atoms with Crippen molar-refractivity contribution in [1.82, 2.24) is 0 Å². The topological polar surface area (TPSA) is 16.4 Å². The lowest BCUT2D eigenvalue weighted by Crippen LogP contribution is -2.17. The Labute approximate surface area is 300 Å². The van der Waals surface area contributed by atoms with Crippen LogP contribution in [0.3, 0.4) is 0 Å². The van der Waals surface area contributed by atoms with Crippen LogP contribution in [0.5, 0.6) is 0 Å². The van der Waals surface area contributed by atoms with E-state index in [1.807, 2.05) is 6.07 Å². The van der Waals surface area contributed by atoms with E-state index >= 15 is 0 Å². The van der Waals surface area contributed by atoms with Crippen molar-refractivity contribution in [3.8, 4) is 33.4 Å². The number of anilines is 3. The van der Waals surface area contributed by atoms with E-state index in [0.29, 0.717) is 0 Å². The number of hydrogen-bond acceptors (Lipinski definition) is 2. The molecule has 248 valence electrons. The molecule has 9 rings (SSSR count). The van der Waals surface area contributed by atoms with Gasteiger partial charge in [0, 0.05) is 27.3 Å². The Kier molecular flexibility index (Phi) is 7.09. The van der Waals surface area contributed by atoms with Gasteiger partial charge in [0.1, 0.15) is 5.58 Å². The molecule has 1 aromatic heterocycles. The summed E-state index contributed by atoms with van der Waals surface area (Å²) in [6.07, 6.45) is 0. The monoisotopic (exact) mass is 659 g/mol. The van der Waals surface area contributed by atoms with Crippen molar-refractivity contribution in [2.45, 2.75) is 45.4 Å². The molecule has 2 heteroatoms. The summed E-state index contributed by atoms with van der Waals surface area (Å²) < 4.78 is 6.74. The van der Waals surface area contributed by atoms with E-state index in [0.717, 1.165) is 44.6 Å².